The second kappa shape index (κ2) is 5.74. The standard InChI is InChI=1S/C12H14N6OS/c1-7-15-10(17-16-7)6-18(2)12(19)9-4-3-8(5-14-9)11(13)20/h3-5H,6H2,1-2H3,(H2,13,20)(H,15,16,17). The van der Waals surface area contributed by atoms with Crippen LogP contribution in [0.1, 0.15) is 27.7 Å². The summed E-state index contributed by atoms with van der Waals surface area (Å²) in [4.78, 5) is 22.1. The Bertz CT molecular complexity index is 636. The molecule has 1 amide bonds. The molecule has 2 aromatic rings. The number of amides is 1. The third-order valence-corrected chi connectivity index (χ3v) is 2.87. The first kappa shape index (κ1) is 14.1. The Labute approximate surface area is 121 Å². The monoisotopic (exact) mass is 290 g/mol. The fraction of sp³-hybridized carbons (Fsp3) is 0.250. The number of carbonyl (C=O) groups is 1. The van der Waals surface area contributed by atoms with Crippen LogP contribution in [0.25, 0.3) is 0 Å². The van der Waals surface area contributed by atoms with Gasteiger partial charge < -0.3 is 10.6 Å². The van der Waals surface area contributed by atoms with Gasteiger partial charge >= 0.3 is 0 Å². The molecule has 2 aromatic heterocycles. The molecule has 0 saturated heterocycles. The number of nitrogens with two attached hydrogens (primary N) is 1. The number of thiocarbonyl (C=S) groups is 1. The van der Waals surface area contributed by atoms with Crippen LogP contribution in [0.15, 0.2) is 18.3 Å². The van der Waals surface area contributed by atoms with Crippen molar-refractivity contribution in [1.82, 2.24) is 25.1 Å². The van der Waals surface area contributed by atoms with Crippen LogP contribution in [0.4, 0.5) is 0 Å². The smallest absolute Gasteiger partial charge is 0.272 e. The van der Waals surface area contributed by atoms with Crippen molar-refractivity contribution in [2.24, 2.45) is 5.73 Å². The summed E-state index contributed by atoms with van der Waals surface area (Å²) in [6.45, 7) is 2.11. The molecule has 0 fully saturated rings. The molecular formula is C12H14N6OS. The third kappa shape index (κ3) is 3.15. The molecule has 0 aliphatic carbocycles. The predicted octanol–water partition coefficient (Wildman–Crippen LogP) is 0.415. The summed E-state index contributed by atoms with van der Waals surface area (Å²) in [6.07, 6.45) is 1.49. The van der Waals surface area contributed by atoms with Crippen LogP contribution in [-0.2, 0) is 6.54 Å². The topological polar surface area (TPSA) is 101 Å². The highest BCUT2D eigenvalue weighted by Crippen LogP contribution is 2.05. The van der Waals surface area contributed by atoms with Crippen LogP contribution in [0, 0.1) is 6.92 Å². The lowest BCUT2D eigenvalue weighted by Crippen LogP contribution is -2.27. The number of carbonyl (C=O) groups excluding carboxylic acids is 1. The molecule has 0 atom stereocenters. The van der Waals surface area contributed by atoms with Crippen molar-refractivity contribution in [2.75, 3.05) is 7.05 Å². The summed E-state index contributed by atoms with van der Waals surface area (Å²) < 4.78 is 0. The van der Waals surface area contributed by atoms with E-state index in [0.717, 1.165) is 0 Å². The van der Waals surface area contributed by atoms with E-state index in [-0.39, 0.29) is 10.9 Å². The van der Waals surface area contributed by atoms with Crippen LogP contribution in [0.2, 0.25) is 0 Å². The van der Waals surface area contributed by atoms with Crippen LogP contribution in [0.5, 0.6) is 0 Å². The zero-order valence-electron chi connectivity index (χ0n) is 11.1. The van der Waals surface area contributed by atoms with Gasteiger partial charge in [-0.05, 0) is 19.1 Å². The van der Waals surface area contributed by atoms with Crippen molar-refractivity contribution < 1.29 is 4.79 Å². The molecule has 0 unspecified atom stereocenters. The minimum atomic E-state index is -0.220. The van der Waals surface area contributed by atoms with Gasteiger partial charge in [0.15, 0.2) is 5.82 Å². The van der Waals surface area contributed by atoms with E-state index in [1.807, 2.05) is 0 Å². The zero-order chi connectivity index (χ0) is 14.7. The summed E-state index contributed by atoms with van der Waals surface area (Å²) >= 11 is 4.83. The molecule has 2 rings (SSSR count). The van der Waals surface area contributed by atoms with E-state index in [0.29, 0.717) is 29.5 Å². The summed E-state index contributed by atoms with van der Waals surface area (Å²) in [5.41, 5.74) is 6.43. The average molecular weight is 290 g/mol. The van der Waals surface area contributed by atoms with E-state index in [4.69, 9.17) is 18.0 Å². The number of aryl methyl sites for hydroxylation is 1. The van der Waals surface area contributed by atoms with Gasteiger partial charge in [-0.25, -0.2) is 4.98 Å². The molecule has 0 spiro atoms. The maximum Gasteiger partial charge on any atom is 0.272 e. The third-order valence-electron chi connectivity index (χ3n) is 2.64. The Hall–Kier alpha value is -2.35. The zero-order valence-corrected chi connectivity index (χ0v) is 11.9. The number of nitrogens with zero attached hydrogens (tertiary/aromatic N) is 4. The van der Waals surface area contributed by atoms with Crippen molar-refractivity contribution in [3.63, 3.8) is 0 Å². The summed E-state index contributed by atoms with van der Waals surface area (Å²) in [7, 11) is 1.66. The molecular weight excluding hydrogens is 276 g/mol. The Morgan fingerprint density at radius 3 is 2.75 bits per heavy atom. The van der Waals surface area contributed by atoms with Gasteiger partial charge in [0.2, 0.25) is 0 Å². The van der Waals surface area contributed by atoms with E-state index >= 15 is 0 Å². The molecule has 0 aliphatic rings. The van der Waals surface area contributed by atoms with Gasteiger partial charge in [-0.2, -0.15) is 5.10 Å². The molecule has 3 N–H and O–H groups in total. The molecule has 0 radical (unpaired) electrons. The average Bonchev–Trinajstić information content (AvgIpc) is 2.83. The largest absolute Gasteiger partial charge is 0.389 e. The fourth-order valence-corrected chi connectivity index (χ4v) is 1.73. The van der Waals surface area contributed by atoms with Gasteiger partial charge in [0, 0.05) is 18.8 Å². The second-order valence-electron chi connectivity index (χ2n) is 4.29. The number of nitrogens with one attached hydrogen (secondary N) is 1. The molecule has 104 valence electrons. The molecule has 0 aromatic carbocycles. The van der Waals surface area contributed by atoms with Gasteiger partial charge in [0.05, 0.1) is 6.54 Å². The first-order valence-electron chi connectivity index (χ1n) is 5.86. The van der Waals surface area contributed by atoms with Crippen molar-refractivity contribution in [2.45, 2.75) is 13.5 Å². The molecule has 2 heterocycles. The summed E-state index contributed by atoms with van der Waals surface area (Å²) in [5.74, 6) is 1.04. The van der Waals surface area contributed by atoms with E-state index < -0.39 is 0 Å². The maximum absolute atomic E-state index is 12.2. The lowest BCUT2D eigenvalue weighted by Gasteiger charge is -2.14. The van der Waals surface area contributed by atoms with Gasteiger partial charge in [-0.3, -0.25) is 14.9 Å². The normalized spacial score (nSPS) is 10.3. The lowest BCUT2D eigenvalue weighted by atomic mass is 10.2. The molecule has 0 bridgehead atoms. The quantitative estimate of drug-likeness (QED) is 0.791. The minimum absolute atomic E-state index is 0.220. The Morgan fingerprint density at radius 1 is 1.50 bits per heavy atom. The van der Waals surface area contributed by atoms with E-state index in [1.165, 1.54) is 11.1 Å². The first-order chi connectivity index (χ1) is 9.47. The Morgan fingerprint density at radius 2 is 2.25 bits per heavy atom. The number of aromatic amines is 1. The van der Waals surface area contributed by atoms with E-state index in [2.05, 4.69) is 20.2 Å². The van der Waals surface area contributed by atoms with Gasteiger partial charge in [0.1, 0.15) is 16.5 Å². The lowest BCUT2D eigenvalue weighted by molar-refractivity contribution is 0.0776. The SMILES string of the molecule is Cc1nc(CN(C)C(=O)c2ccc(C(N)=S)cn2)n[nH]1. The van der Waals surface area contributed by atoms with Crippen LogP contribution >= 0.6 is 12.2 Å². The summed E-state index contributed by atoms with van der Waals surface area (Å²) in [5, 5.41) is 6.71. The molecule has 0 aliphatic heterocycles. The number of aromatic nitrogens is 4. The van der Waals surface area contributed by atoms with Crippen LogP contribution in [0.3, 0.4) is 0 Å². The van der Waals surface area contributed by atoms with Crippen LogP contribution < -0.4 is 5.73 Å². The van der Waals surface area contributed by atoms with Gasteiger partial charge in [-0.1, -0.05) is 12.2 Å². The summed E-state index contributed by atoms with van der Waals surface area (Å²) in [6, 6.07) is 3.27. The second-order valence-corrected chi connectivity index (χ2v) is 4.73. The number of hydrogen-bond acceptors (Lipinski definition) is 5. The van der Waals surface area contributed by atoms with E-state index in [1.54, 1.807) is 26.1 Å². The molecule has 0 saturated carbocycles. The van der Waals surface area contributed by atoms with Crippen molar-refractivity contribution in [3.05, 3.63) is 41.2 Å². The fourth-order valence-electron chi connectivity index (χ4n) is 1.61. The Kier molecular flexibility index (Phi) is 4.04. The molecule has 20 heavy (non-hydrogen) atoms. The highest BCUT2D eigenvalue weighted by molar-refractivity contribution is 7.80. The van der Waals surface area contributed by atoms with E-state index in [9.17, 15) is 4.79 Å². The van der Waals surface area contributed by atoms with Gasteiger partial charge in [-0.15, -0.1) is 0 Å². The van der Waals surface area contributed by atoms with Crippen molar-refractivity contribution in [3.8, 4) is 0 Å². The van der Waals surface area contributed by atoms with Crippen molar-refractivity contribution in [1.29, 1.82) is 0 Å². The Balaban J connectivity index is 2.08. The number of pyridine rings is 1. The maximum atomic E-state index is 12.2. The highest BCUT2D eigenvalue weighted by atomic mass is 32.1. The number of H-pyrrole nitrogens is 1. The molecule has 7 nitrogen and oxygen atoms in total. The first-order valence-corrected chi connectivity index (χ1v) is 6.27. The van der Waals surface area contributed by atoms with Crippen molar-refractivity contribution >= 4 is 23.1 Å². The highest BCUT2D eigenvalue weighted by Gasteiger charge is 2.15. The van der Waals surface area contributed by atoms with Gasteiger partial charge in [0.25, 0.3) is 5.91 Å². The predicted molar refractivity (Wildman–Crippen MR) is 77.0 cm³/mol. The molecule has 8 heteroatoms. The van der Waals surface area contributed by atoms with Crippen LogP contribution in [-0.4, -0.2) is 43.0 Å². The minimum Gasteiger partial charge on any atom is -0.389 e. The number of rotatable bonds is 4. The number of hydrogen-bond donors (Lipinski definition) is 2.